The van der Waals surface area contributed by atoms with E-state index in [0.29, 0.717) is 31.0 Å². The predicted molar refractivity (Wildman–Crippen MR) is 97.3 cm³/mol. The molecular formula is C17H24BrClN2O2. The molecule has 0 radical (unpaired) electrons. The van der Waals surface area contributed by atoms with Crippen molar-refractivity contribution in [2.75, 3.05) is 19.7 Å². The molecule has 0 aromatic heterocycles. The zero-order valence-corrected chi connectivity index (χ0v) is 15.6. The number of hydrogen-bond donors (Lipinski definition) is 1. The van der Waals surface area contributed by atoms with Crippen LogP contribution in [0.1, 0.15) is 32.1 Å². The Morgan fingerprint density at radius 1 is 1.30 bits per heavy atom. The second kappa shape index (κ2) is 8.90. The van der Waals surface area contributed by atoms with Crippen LogP contribution >= 0.6 is 28.3 Å². The Bertz CT molecular complexity index is 515. The standard InChI is InChI=1S/C17H23BrN2O2.ClH/c18-13-3-1-4-16(11-13)22-10-2-5-17(21)20-14-6-7-15(20)12-19-9-8-14;/h1,3-4,11,14-15,19H,2,5-10,12H2;1H. The third-order valence-electron chi connectivity index (χ3n) is 4.54. The van der Waals surface area contributed by atoms with Crippen molar-refractivity contribution in [1.29, 1.82) is 0 Å². The number of carbonyl (C=O) groups excluding carboxylic acids is 1. The normalized spacial score (nSPS) is 23.1. The minimum absolute atomic E-state index is 0. The maximum absolute atomic E-state index is 12.5. The zero-order chi connectivity index (χ0) is 15.4. The number of fused-ring (bicyclic) bond motifs is 2. The Hall–Kier alpha value is -0.780. The van der Waals surface area contributed by atoms with Gasteiger partial charge in [0.05, 0.1) is 6.61 Å². The number of ether oxygens (including phenoxy) is 1. The van der Waals surface area contributed by atoms with Crippen LogP contribution in [0.4, 0.5) is 0 Å². The number of halogens is 2. The molecule has 0 aliphatic carbocycles. The summed E-state index contributed by atoms with van der Waals surface area (Å²) in [4.78, 5) is 14.7. The molecule has 0 spiro atoms. The van der Waals surface area contributed by atoms with E-state index in [4.69, 9.17) is 4.74 Å². The third kappa shape index (κ3) is 4.85. The highest BCUT2D eigenvalue weighted by Crippen LogP contribution is 2.28. The second-order valence-electron chi connectivity index (χ2n) is 6.09. The summed E-state index contributed by atoms with van der Waals surface area (Å²) in [6, 6.07) is 8.67. The summed E-state index contributed by atoms with van der Waals surface area (Å²) in [7, 11) is 0. The SMILES string of the molecule is Cl.O=C(CCCOc1cccc(Br)c1)N1C2CCNCC1CC2. The molecule has 2 heterocycles. The van der Waals surface area contributed by atoms with E-state index in [1.807, 2.05) is 24.3 Å². The van der Waals surface area contributed by atoms with Crippen molar-refractivity contribution in [3.8, 4) is 5.75 Å². The van der Waals surface area contributed by atoms with Gasteiger partial charge in [-0.1, -0.05) is 22.0 Å². The lowest BCUT2D eigenvalue weighted by Crippen LogP contribution is -2.42. The molecule has 2 unspecified atom stereocenters. The fourth-order valence-electron chi connectivity index (χ4n) is 3.49. The van der Waals surface area contributed by atoms with Crippen molar-refractivity contribution in [3.63, 3.8) is 0 Å². The van der Waals surface area contributed by atoms with Crippen molar-refractivity contribution >= 4 is 34.2 Å². The zero-order valence-electron chi connectivity index (χ0n) is 13.2. The molecule has 2 fully saturated rings. The van der Waals surface area contributed by atoms with Gasteiger partial charge in [0.15, 0.2) is 0 Å². The molecule has 1 aromatic rings. The predicted octanol–water partition coefficient (Wildman–Crippen LogP) is 3.38. The molecule has 2 aliphatic rings. The fourth-order valence-corrected chi connectivity index (χ4v) is 3.87. The van der Waals surface area contributed by atoms with Crippen LogP contribution < -0.4 is 10.1 Å². The molecule has 2 atom stereocenters. The third-order valence-corrected chi connectivity index (χ3v) is 5.04. The molecule has 2 bridgehead atoms. The molecule has 1 N–H and O–H groups in total. The highest BCUT2D eigenvalue weighted by molar-refractivity contribution is 9.10. The fraction of sp³-hybridized carbons (Fsp3) is 0.588. The van der Waals surface area contributed by atoms with Crippen LogP contribution in [0.25, 0.3) is 0 Å². The minimum atomic E-state index is 0. The van der Waals surface area contributed by atoms with Gasteiger partial charge in [-0.15, -0.1) is 12.4 Å². The van der Waals surface area contributed by atoms with E-state index in [-0.39, 0.29) is 12.4 Å². The maximum atomic E-state index is 12.5. The van der Waals surface area contributed by atoms with Crippen molar-refractivity contribution in [1.82, 2.24) is 10.2 Å². The molecule has 1 aromatic carbocycles. The quantitative estimate of drug-likeness (QED) is 0.766. The topological polar surface area (TPSA) is 41.6 Å². The van der Waals surface area contributed by atoms with E-state index in [1.165, 1.54) is 6.42 Å². The highest BCUT2D eigenvalue weighted by Gasteiger charge is 2.37. The van der Waals surface area contributed by atoms with E-state index >= 15 is 0 Å². The summed E-state index contributed by atoms with van der Waals surface area (Å²) in [6.45, 7) is 2.58. The van der Waals surface area contributed by atoms with E-state index < -0.39 is 0 Å². The Balaban J connectivity index is 0.00000192. The van der Waals surface area contributed by atoms with E-state index in [9.17, 15) is 4.79 Å². The first-order valence-corrected chi connectivity index (χ1v) is 8.93. The molecule has 2 aliphatic heterocycles. The number of hydrogen-bond acceptors (Lipinski definition) is 3. The van der Waals surface area contributed by atoms with E-state index in [1.54, 1.807) is 0 Å². The summed E-state index contributed by atoms with van der Waals surface area (Å²) < 4.78 is 6.71. The molecular weight excluding hydrogens is 380 g/mol. The first-order chi connectivity index (χ1) is 10.7. The van der Waals surface area contributed by atoms with Gasteiger partial charge in [-0.2, -0.15) is 0 Å². The lowest BCUT2D eigenvalue weighted by Gasteiger charge is -2.28. The van der Waals surface area contributed by atoms with Crippen molar-refractivity contribution in [2.45, 2.75) is 44.2 Å². The highest BCUT2D eigenvalue weighted by atomic mass is 79.9. The molecule has 3 rings (SSSR count). The number of nitrogens with zero attached hydrogens (tertiary/aromatic N) is 1. The van der Waals surface area contributed by atoms with Crippen molar-refractivity contribution < 1.29 is 9.53 Å². The van der Waals surface area contributed by atoms with Crippen LogP contribution in [0.15, 0.2) is 28.7 Å². The van der Waals surface area contributed by atoms with Crippen molar-refractivity contribution in [3.05, 3.63) is 28.7 Å². The number of rotatable bonds is 5. The molecule has 6 heteroatoms. The smallest absolute Gasteiger partial charge is 0.223 e. The molecule has 1 amide bonds. The van der Waals surface area contributed by atoms with Crippen LogP contribution in [0.3, 0.4) is 0 Å². The monoisotopic (exact) mass is 402 g/mol. The number of benzene rings is 1. The second-order valence-corrected chi connectivity index (χ2v) is 7.00. The van der Waals surface area contributed by atoms with Gasteiger partial charge in [0, 0.05) is 29.5 Å². The molecule has 23 heavy (non-hydrogen) atoms. The summed E-state index contributed by atoms with van der Waals surface area (Å²) in [5.41, 5.74) is 0. The molecule has 4 nitrogen and oxygen atoms in total. The lowest BCUT2D eigenvalue weighted by atomic mass is 10.1. The Morgan fingerprint density at radius 2 is 2.13 bits per heavy atom. The Kier molecular flexibility index (Phi) is 7.18. The first kappa shape index (κ1) is 18.6. The Morgan fingerprint density at radius 3 is 2.96 bits per heavy atom. The van der Waals surface area contributed by atoms with Crippen LogP contribution in [0.5, 0.6) is 5.75 Å². The van der Waals surface area contributed by atoms with Gasteiger partial charge in [-0.25, -0.2) is 0 Å². The summed E-state index contributed by atoms with van der Waals surface area (Å²) >= 11 is 3.43. The number of carbonyl (C=O) groups is 1. The summed E-state index contributed by atoms with van der Waals surface area (Å²) in [5.74, 6) is 1.15. The van der Waals surface area contributed by atoms with E-state index in [2.05, 4.69) is 26.1 Å². The lowest BCUT2D eigenvalue weighted by molar-refractivity contribution is -0.134. The summed E-state index contributed by atoms with van der Waals surface area (Å²) in [6.07, 6.45) is 4.77. The molecule has 128 valence electrons. The van der Waals surface area contributed by atoms with Crippen LogP contribution in [-0.2, 0) is 4.79 Å². The van der Waals surface area contributed by atoms with Crippen LogP contribution in [0.2, 0.25) is 0 Å². The molecule has 2 saturated heterocycles. The van der Waals surface area contributed by atoms with Gasteiger partial charge in [0.25, 0.3) is 0 Å². The number of nitrogens with one attached hydrogen (secondary N) is 1. The van der Waals surface area contributed by atoms with Gasteiger partial charge >= 0.3 is 0 Å². The van der Waals surface area contributed by atoms with Gasteiger partial charge in [0.2, 0.25) is 5.91 Å². The molecule has 0 saturated carbocycles. The maximum Gasteiger partial charge on any atom is 0.223 e. The average molecular weight is 404 g/mol. The largest absolute Gasteiger partial charge is 0.494 e. The summed E-state index contributed by atoms with van der Waals surface area (Å²) in [5, 5.41) is 3.43. The number of amides is 1. The van der Waals surface area contributed by atoms with Crippen LogP contribution in [-0.4, -0.2) is 42.6 Å². The average Bonchev–Trinajstić information content (AvgIpc) is 2.77. The van der Waals surface area contributed by atoms with Gasteiger partial charge < -0.3 is 15.0 Å². The minimum Gasteiger partial charge on any atom is -0.494 e. The van der Waals surface area contributed by atoms with Crippen molar-refractivity contribution in [2.24, 2.45) is 0 Å². The van der Waals surface area contributed by atoms with Gasteiger partial charge in [-0.3, -0.25) is 4.79 Å². The van der Waals surface area contributed by atoms with Crippen LogP contribution in [0, 0.1) is 0 Å². The Labute approximate surface area is 152 Å². The van der Waals surface area contributed by atoms with E-state index in [0.717, 1.165) is 42.6 Å². The first-order valence-electron chi connectivity index (χ1n) is 8.14. The van der Waals surface area contributed by atoms with Gasteiger partial charge in [0.1, 0.15) is 5.75 Å². The van der Waals surface area contributed by atoms with Gasteiger partial charge in [-0.05, 0) is 50.4 Å².